The van der Waals surface area contributed by atoms with Crippen molar-refractivity contribution in [3.8, 4) is 0 Å². The van der Waals surface area contributed by atoms with Crippen LogP contribution in [0.3, 0.4) is 0 Å². The normalized spacial score (nSPS) is 27.5. The number of nitrogens with zero attached hydrogens (tertiary/aromatic N) is 1. The average molecular weight is 415 g/mol. The molecule has 3 heteroatoms. The molecule has 0 bridgehead atoms. The van der Waals surface area contributed by atoms with E-state index >= 15 is 0 Å². The van der Waals surface area contributed by atoms with E-state index in [1.165, 1.54) is 23.1 Å². The van der Waals surface area contributed by atoms with Crippen molar-refractivity contribution >= 4 is 39.4 Å². The van der Waals surface area contributed by atoms with Crippen molar-refractivity contribution in [2.45, 2.75) is 37.5 Å². The summed E-state index contributed by atoms with van der Waals surface area (Å²) in [6.45, 7) is 6.50. The van der Waals surface area contributed by atoms with Gasteiger partial charge in [0.05, 0.1) is 5.69 Å². The number of halogens is 2. The lowest BCUT2D eigenvalue weighted by Crippen LogP contribution is -2.44. The second-order valence-corrected chi connectivity index (χ2v) is 8.64. The van der Waals surface area contributed by atoms with Gasteiger partial charge in [0.1, 0.15) is 0 Å². The summed E-state index contributed by atoms with van der Waals surface area (Å²) < 4.78 is 1.07. The molecule has 1 aliphatic carbocycles. The lowest BCUT2D eigenvalue weighted by molar-refractivity contribution is 0.258. The van der Waals surface area contributed by atoms with Crippen molar-refractivity contribution in [1.29, 1.82) is 0 Å². The third kappa shape index (κ3) is 2.71. The number of benzene rings is 2. The zero-order valence-corrected chi connectivity index (χ0v) is 16.6. The summed E-state index contributed by atoms with van der Waals surface area (Å²) in [5.74, 6) is 0.768. The second kappa shape index (κ2) is 6.41. The molecule has 1 fully saturated rings. The SMILES string of the molecule is C=C(C)C1CCCC(c2cccc(Cl)c2)C12C=Nc1cc(Br)ccc12. The smallest absolute Gasteiger partial charge is 0.0679 e. The van der Waals surface area contributed by atoms with Crippen LogP contribution < -0.4 is 0 Å². The first kappa shape index (κ1) is 17.1. The van der Waals surface area contributed by atoms with Gasteiger partial charge < -0.3 is 0 Å². The van der Waals surface area contributed by atoms with E-state index in [9.17, 15) is 0 Å². The molecule has 4 rings (SSSR count). The first-order valence-corrected chi connectivity index (χ1v) is 9.95. The maximum Gasteiger partial charge on any atom is 0.0679 e. The van der Waals surface area contributed by atoms with Crippen LogP contribution in [0.4, 0.5) is 5.69 Å². The van der Waals surface area contributed by atoms with E-state index < -0.39 is 0 Å². The monoisotopic (exact) mass is 413 g/mol. The van der Waals surface area contributed by atoms with Gasteiger partial charge >= 0.3 is 0 Å². The van der Waals surface area contributed by atoms with Gasteiger partial charge in [-0.1, -0.05) is 64.3 Å². The van der Waals surface area contributed by atoms with Crippen molar-refractivity contribution in [2.24, 2.45) is 10.9 Å². The molecule has 1 spiro atoms. The van der Waals surface area contributed by atoms with Gasteiger partial charge in [0.2, 0.25) is 0 Å². The molecule has 0 saturated heterocycles. The molecular formula is C22H21BrClN. The lowest BCUT2D eigenvalue weighted by Gasteiger charge is -2.47. The fourth-order valence-electron chi connectivity index (χ4n) is 4.85. The number of hydrogen-bond acceptors (Lipinski definition) is 1. The predicted molar refractivity (Wildman–Crippen MR) is 110 cm³/mol. The Bertz CT molecular complexity index is 872. The first-order valence-electron chi connectivity index (χ1n) is 8.78. The molecule has 0 aromatic heterocycles. The molecule has 1 aliphatic heterocycles. The van der Waals surface area contributed by atoms with Gasteiger partial charge in [0.25, 0.3) is 0 Å². The van der Waals surface area contributed by atoms with Gasteiger partial charge in [-0.15, -0.1) is 0 Å². The summed E-state index contributed by atoms with van der Waals surface area (Å²) in [5, 5.41) is 0.802. The van der Waals surface area contributed by atoms with E-state index in [1.807, 2.05) is 6.07 Å². The highest BCUT2D eigenvalue weighted by Crippen LogP contribution is 2.58. The largest absolute Gasteiger partial charge is 0.260 e. The molecule has 25 heavy (non-hydrogen) atoms. The standard InChI is InChI=1S/C22H21BrClN/c1-14(2)18-7-4-8-19(15-5-3-6-17(24)11-15)22(18)13-25-21-12-16(23)9-10-20(21)22/h3,5-6,9-13,18-19H,1,4,7-8H2,2H3. The Balaban J connectivity index is 1.93. The summed E-state index contributed by atoms with van der Waals surface area (Å²) >= 11 is 9.90. The van der Waals surface area contributed by atoms with Crippen LogP contribution in [0.1, 0.15) is 43.2 Å². The third-order valence-corrected chi connectivity index (χ3v) is 6.56. The third-order valence-electron chi connectivity index (χ3n) is 5.83. The van der Waals surface area contributed by atoms with E-state index in [1.54, 1.807) is 0 Å². The Morgan fingerprint density at radius 3 is 2.84 bits per heavy atom. The summed E-state index contributed by atoms with van der Waals surface area (Å²) in [5.41, 5.74) is 4.84. The van der Waals surface area contributed by atoms with Crippen LogP contribution >= 0.6 is 27.5 Å². The summed E-state index contributed by atoms with van der Waals surface area (Å²) in [6, 6.07) is 14.8. The quantitative estimate of drug-likeness (QED) is 0.460. The highest BCUT2D eigenvalue weighted by atomic mass is 79.9. The van der Waals surface area contributed by atoms with Gasteiger partial charge in [-0.3, -0.25) is 4.99 Å². The molecule has 2 aromatic rings. The Hall–Kier alpha value is -1.38. The van der Waals surface area contributed by atoms with E-state index in [0.29, 0.717) is 11.8 Å². The Morgan fingerprint density at radius 1 is 1.24 bits per heavy atom. The minimum absolute atomic E-state index is 0.120. The zero-order valence-electron chi connectivity index (χ0n) is 14.3. The number of allylic oxidation sites excluding steroid dienone is 1. The average Bonchev–Trinajstić information content (AvgIpc) is 2.93. The number of aliphatic imine (C=N–C) groups is 1. The fraction of sp³-hybridized carbons (Fsp3) is 0.318. The Morgan fingerprint density at radius 2 is 2.08 bits per heavy atom. The number of rotatable bonds is 2. The van der Waals surface area contributed by atoms with Crippen molar-refractivity contribution in [3.05, 3.63) is 75.2 Å². The van der Waals surface area contributed by atoms with Crippen molar-refractivity contribution in [1.82, 2.24) is 0 Å². The molecule has 2 aliphatic rings. The zero-order chi connectivity index (χ0) is 17.6. The lowest BCUT2D eigenvalue weighted by atomic mass is 9.55. The van der Waals surface area contributed by atoms with Gasteiger partial charge in [-0.25, -0.2) is 0 Å². The molecule has 3 atom stereocenters. The molecule has 1 nitrogen and oxygen atoms in total. The van der Waals surface area contributed by atoms with Gasteiger partial charge in [-0.05, 0) is 67.0 Å². The Kier molecular flexibility index (Phi) is 4.37. The van der Waals surface area contributed by atoms with Gasteiger partial charge in [0, 0.05) is 21.1 Å². The van der Waals surface area contributed by atoms with E-state index in [2.05, 4.69) is 72.0 Å². The van der Waals surface area contributed by atoms with Crippen molar-refractivity contribution in [2.75, 3.05) is 0 Å². The molecule has 3 unspecified atom stereocenters. The van der Waals surface area contributed by atoms with Crippen LogP contribution in [-0.4, -0.2) is 6.21 Å². The molecule has 0 N–H and O–H groups in total. The molecular weight excluding hydrogens is 394 g/mol. The molecule has 1 saturated carbocycles. The number of fused-ring (bicyclic) bond motifs is 2. The maximum absolute atomic E-state index is 6.32. The summed E-state index contributed by atoms with van der Waals surface area (Å²) in [6.07, 6.45) is 5.71. The van der Waals surface area contributed by atoms with Crippen LogP contribution in [0.15, 0.2) is 64.1 Å². The van der Waals surface area contributed by atoms with Crippen LogP contribution in [0, 0.1) is 5.92 Å². The molecule has 0 amide bonds. The van der Waals surface area contributed by atoms with Crippen LogP contribution in [0.5, 0.6) is 0 Å². The van der Waals surface area contributed by atoms with Gasteiger partial charge in [0.15, 0.2) is 0 Å². The van der Waals surface area contributed by atoms with Gasteiger partial charge in [-0.2, -0.15) is 0 Å². The first-order chi connectivity index (χ1) is 12.0. The summed E-state index contributed by atoms with van der Waals surface area (Å²) in [7, 11) is 0. The second-order valence-electron chi connectivity index (χ2n) is 7.29. The highest BCUT2D eigenvalue weighted by molar-refractivity contribution is 9.10. The molecule has 2 aromatic carbocycles. The van der Waals surface area contributed by atoms with E-state index in [4.69, 9.17) is 16.6 Å². The molecule has 1 heterocycles. The maximum atomic E-state index is 6.32. The Labute approximate surface area is 163 Å². The minimum Gasteiger partial charge on any atom is -0.260 e. The fourth-order valence-corrected chi connectivity index (χ4v) is 5.39. The minimum atomic E-state index is -0.120. The predicted octanol–water partition coefficient (Wildman–Crippen LogP) is 7.22. The van der Waals surface area contributed by atoms with Crippen LogP contribution in [0.2, 0.25) is 5.02 Å². The molecule has 0 radical (unpaired) electrons. The van der Waals surface area contributed by atoms with Crippen molar-refractivity contribution in [3.63, 3.8) is 0 Å². The van der Waals surface area contributed by atoms with E-state index in [-0.39, 0.29) is 5.41 Å². The van der Waals surface area contributed by atoms with Crippen LogP contribution in [0.25, 0.3) is 0 Å². The van der Waals surface area contributed by atoms with Crippen molar-refractivity contribution < 1.29 is 0 Å². The number of hydrogen-bond donors (Lipinski definition) is 0. The van der Waals surface area contributed by atoms with E-state index in [0.717, 1.165) is 28.0 Å². The summed E-state index contributed by atoms with van der Waals surface area (Å²) in [4.78, 5) is 4.84. The highest BCUT2D eigenvalue weighted by Gasteiger charge is 2.51. The topological polar surface area (TPSA) is 12.4 Å². The molecule has 128 valence electrons. The van der Waals surface area contributed by atoms with Crippen LogP contribution in [-0.2, 0) is 5.41 Å².